The molecule has 2 rings (SSSR count). The zero-order chi connectivity index (χ0) is 12.3. The Morgan fingerprint density at radius 1 is 1.35 bits per heavy atom. The number of hydrogen-bond donors (Lipinski definition) is 1. The second-order valence-corrected chi connectivity index (χ2v) is 3.18. The van der Waals surface area contributed by atoms with Gasteiger partial charge in [0.25, 0.3) is 5.91 Å². The maximum atomic E-state index is 11.3. The van der Waals surface area contributed by atoms with Crippen LogP contribution in [0.3, 0.4) is 0 Å². The van der Waals surface area contributed by atoms with Gasteiger partial charge in [-0.05, 0) is 18.2 Å². The van der Waals surface area contributed by atoms with Gasteiger partial charge in [-0.15, -0.1) is 0 Å². The molecule has 17 heavy (non-hydrogen) atoms. The number of rotatable bonds is 2. The Balaban J connectivity index is 2.16. The minimum Gasteiger partial charge on any atom is -0.460 e. The standard InChI is InChI=1S/C12H9NO4/c1-2-11(14)13-12(15)17-10-7-16-9-6-4-3-5-8(9)10/h2-7H,1H2,(H,13,14,15). The molecule has 1 aromatic heterocycles. The number of nitrogens with one attached hydrogen (secondary N) is 1. The fraction of sp³-hybridized carbons (Fsp3) is 0. The van der Waals surface area contributed by atoms with Crippen LogP contribution in [-0.2, 0) is 4.79 Å². The number of ether oxygens (including phenoxy) is 1. The van der Waals surface area contributed by atoms with Crippen LogP contribution in [0.1, 0.15) is 0 Å². The lowest BCUT2D eigenvalue weighted by atomic mass is 10.2. The molecule has 0 fully saturated rings. The summed E-state index contributed by atoms with van der Waals surface area (Å²) >= 11 is 0. The molecule has 1 heterocycles. The summed E-state index contributed by atoms with van der Waals surface area (Å²) in [5, 5.41) is 2.63. The van der Waals surface area contributed by atoms with E-state index in [1.165, 1.54) is 6.26 Å². The van der Waals surface area contributed by atoms with Crippen LogP contribution in [0.2, 0.25) is 0 Å². The molecule has 86 valence electrons. The highest BCUT2D eigenvalue weighted by Gasteiger charge is 2.12. The molecule has 0 atom stereocenters. The largest absolute Gasteiger partial charge is 0.460 e. The second-order valence-electron chi connectivity index (χ2n) is 3.18. The molecule has 5 nitrogen and oxygen atoms in total. The third-order valence-electron chi connectivity index (χ3n) is 2.06. The summed E-state index contributed by atoms with van der Waals surface area (Å²) in [6, 6.07) is 7.08. The Bertz CT molecular complexity index is 585. The van der Waals surface area contributed by atoms with E-state index in [9.17, 15) is 9.59 Å². The molecule has 0 spiro atoms. The molecule has 0 aliphatic rings. The van der Waals surface area contributed by atoms with Crippen molar-refractivity contribution in [3.8, 4) is 5.75 Å². The first-order valence-corrected chi connectivity index (χ1v) is 4.82. The lowest BCUT2D eigenvalue weighted by molar-refractivity contribution is -0.115. The maximum Gasteiger partial charge on any atom is 0.419 e. The number of benzene rings is 1. The Morgan fingerprint density at radius 2 is 2.12 bits per heavy atom. The van der Waals surface area contributed by atoms with Gasteiger partial charge in [0.15, 0.2) is 5.75 Å². The quantitative estimate of drug-likeness (QED) is 0.804. The van der Waals surface area contributed by atoms with Crippen molar-refractivity contribution in [2.24, 2.45) is 0 Å². The molecule has 0 aliphatic carbocycles. The third-order valence-corrected chi connectivity index (χ3v) is 2.06. The van der Waals surface area contributed by atoms with Crippen molar-refractivity contribution in [1.29, 1.82) is 0 Å². The minimum atomic E-state index is -0.874. The number of carbonyl (C=O) groups excluding carboxylic acids is 2. The molecular formula is C12H9NO4. The average Bonchev–Trinajstić information content (AvgIpc) is 2.72. The number of amides is 2. The van der Waals surface area contributed by atoms with Crippen LogP contribution in [0, 0.1) is 0 Å². The van der Waals surface area contributed by atoms with Gasteiger partial charge in [-0.25, -0.2) is 4.79 Å². The van der Waals surface area contributed by atoms with E-state index in [2.05, 4.69) is 6.58 Å². The minimum absolute atomic E-state index is 0.259. The van der Waals surface area contributed by atoms with Crippen LogP contribution in [-0.4, -0.2) is 12.0 Å². The molecule has 1 aromatic carbocycles. The highest BCUT2D eigenvalue weighted by atomic mass is 16.6. The normalized spacial score (nSPS) is 9.88. The van der Waals surface area contributed by atoms with Crippen molar-refractivity contribution in [2.45, 2.75) is 0 Å². The van der Waals surface area contributed by atoms with Crippen LogP contribution >= 0.6 is 0 Å². The van der Waals surface area contributed by atoms with Gasteiger partial charge in [-0.1, -0.05) is 18.7 Å². The fourth-order valence-corrected chi connectivity index (χ4v) is 1.31. The number of fused-ring (bicyclic) bond motifs is 1. The van der Waals surface area contributed by atoms with Gasteiger partial charge in [0.1, 0.15) is 11.8 Å². The molecule has 2 aromatic rings. The van der Waals surface area contributed by atoms with Crippen molar-refractivity contribution in [3.63, 3.8) is 0 Å². The molecule has 0 aliphatic heterocycles. The van der Waals surface area contributed by atoms with E-state index in [-0.39, 0.29) is 5.75 Å². The van der Waals surface area contributed by atoms with Crippen LogP contribution in [0.25, 0.3) is 11.0 Å². The monoisotopic (exact) mass is 231 g/mol. The fourth-order valence-electron chi connectivity index (χ4n) is 1.31. The summed E-state index contributed by atoms with van der Waals surface area (Å²) in [7, 11) is 0. The van der Waals surface area contributed by atoms with Gasteiger partial charge < -0.3 is 9.15 Å². The smallest absolute Gasteiger partial charge is 0.419 e. The van der Waals surface area contributed by atoms with Gasteiger partial charge in [-0.3, -0.25) is 10.1 Å². The summed E-state index contributed by atoms with van der Waals surface area (Å²) in [4.78, 5) is 22.1. The van der Waals surface area contributed by atoms with Gasteiger partial charge in [0, 0.05) is 0 Å². The molecular weight excluding hydrogens is 222 g/mol. The molecule has 5 heteroatoms. The van der Waals surface area contributed by atoms with E-state index in [0.29, 0.717) is 11.0 Å². The van der Waals surface area contributed by atoms with E-state index in [1.54, 1.807) is 24.3 Å². The topological polar surface area (TPSA) is 68.5 Å². The number of para-hydroxylation sites is 1. The Hall–Kier alpha value is -2.56. The van der Waals surface area contributed by atoms with E-state index in [1.807, 2.05) is 5.32 Å². The van der Waals surface area contributed by atoms with Gasteiger partial charge in [-0.2, -0.15) is 0 Å². The molecule has 0 radical (unpaired) electrons. The van der Waals surface area contributed by atoms with Crippen LogP contribution < -0.4 is 10.1 Å². The number of imide groups is 1. The lowest BCUT2D eigenvalue weighted by Gasteiger charge is -2.01. The number of furan rings is 1. The summed E-state index contributed by atoms with van der Waals surface area (Å²) < 4.78 is 10.1. The first-order valence-electron chi connectivity index (χ1n) is 4.82. The van der Waals surface area contributed by atoms with Gasteiger partial charge in [0.05, 0.1) is 5.39 Å². The SMILES string of the molecule is C=CC(=O)NC(=O)Oc1coc2ccccc12. The highest BCUT2D eigenvalue weighted by Crippen LogP contribution is 2.27. The molecule has 0 unspecified atom stereocenters. The van der Waals surface area contributed by atoms with E-state index < -0.39 is 12.0 Å². The first kappa shape index (κ1) is 10.9. The Kier molecular flexibility index (Phi) is 2.91. The van der Waals surface area contributed by atoms with Crippen molar-refractivity contribution in [3.05, 3.63) is 43.2 Å². The van der Waals surface area contributed by atoms with Crippen LogP contribution in [0.5, 0.6) is 5.75 Å². The summed E-state index contributed by atoms with van der Waals surface area (Å²) in [5.41, 5.74) is 0.602. The van der Waals surface area contributed by atoms with Crippen molar-refractivity contribution >= 4 is 23.0 Å². The molecule has 0 saturated carbocycles. The Labute approximate surface area is 96.7 Å². The summed E-state index contributed by atoms with van der Waals surface area (Å²) in [5.74, 6) is -0.363. The molecule has 1 N–H and O–H groups in total. The molecule has 2 amide bonds. The summed E-state index contributed by atoms with van der Waals surface area (Å²) in [6.45, 7) is 3.22. The first-order chi connectivity index (χ1) is 8.20. The predicted molar refractivity (Wildman–Crippen MR) is 60.6 cm³/mol. The van der Waals surface area contributed by atoms with E-state index in [0.717, 1.165) is 6.08 Å². The van der Waals surface area contributed by atoms with Crippen LogP contribution in [0.4, 0.5) is 4.79 Å². The molecule has 0 saturated heterocycles. The van der Waals surface area contributed by atoms with Crippen LogP contribution in [0.15, 0.2) is 47.6 Å². The van der Waals surface area contributed by atoms with Gasteiger partial charge in [0.2, 0.25) is 0 Å². The predicted octanol–water partition coefficient (Wildman–Crippen LogP) is 2.23. The third kappa shape index (κ3) is 2.34. The number of hydrogen-bond acceptors (Lipinski definition) is 4. The lowest BCUT2D eigenvalue weighted by Crippen LogP contribution is -2.31. The second kappa shape index (κ2) is 4.52. The maximum absolute atomic E-state index is 11.3. The zero-order valence-corrected chi connectivity index (χ0v) is 8.80. The van der Waals surface area contributed by atoms with Crippen molar-refractivity contribution in [2.75, 3.05) is 0 Å². The van der Waals surface area contributed by atoms with Gasteiger partial charge >= 0.3 is 6.09 Å². The highest BCUT2D eigenvalue weighted by molar-refractivity contribution is 5.99. The Morgan fingerprint density at radius 3 is 2.88 bits per heavy atom. The van der Waals surface area contributed by atoms with Crippen molar-refractivity contribution in [1.82, 2.24) is 5.32 Å². The van der Waals surface area contributed by atoms with E-state index in [4.69, 9.17) is 9.15 Å². The van der Waals surface area contributed by atoms with Crippen molar-refractivity contribution < 1.29 is 18.7 Å². The zero-order valence-electron chi connectivity index (χ0n) is 8.80. The summed E-state index contributed by atoms with van der Waals surface area (Å²) in [6.07, 6.45) is 1.42. The van der Waals surface area contributed by atoms with E-state index >= 15 is 0 Å². The molecule has 0 bridgehead atoms. The average molecular weight is 231 g/mol. The number of carbonyl (C=O) groups is 2.